The fourth-order valence-corrected chi connectivity index (χ4v) is 2.41. The second-order valence-corrected chi connectivity index (χ2v) is 4.59. The number of rotatable bonds is 2. The number of hydrogen-bond donors (Lipinski definition) is 2. The number of aliphatic hydroxyl groups excluding tert-OH is 1. The maximum absolute atomic E-state index is 12.1. The molecule has 6 heteroatoms. The van der Waals surface area contributed by atoms with Crippen LogP contribution in [0, 0.1) is 0 Å². The van der Waals surface area contributed by atoms with Crippen LogP contribution in [0.25, 0.3) is 0 Å². The summed E-state index contributed by atoms with van der Waals surface area (Å²) in [6, 6.07) is -0.914. The van der Waals surface area contributed by atoms with E-state index in [2.05, 4.69) is 0 Å². The minimum Gasteiger partial charge on any atom is -0.480 e. The van der Waals surface area contributed by atoms with Gasteiger partial charge in [-0.05, 0) is 19.3 Å². The van der Waals surface area contributed by atoms with E-state index in [4.69, 9.17) is 9.84 Å². The van der Waals surface area contributed by atoms with E-state index in [0.717, 1.165) is 12.8 Å². The minimum absolute atomic E-state index is 0.0929. The van der Waals surface area contributed by atoms with Gasteiger partial charge < -0.3 is 19.8 Å². The van der Waals surface area contributed by atoms with E-state index in [1.807, 2.05) is 0 Å². The van der Waals surface area contributed by atoms with Gasteiger partial charge in [-0.15, -0.1) is 0 Å². The molecule has 0 saturated carbocycles. The van der Waals surface area contributed by atoms with Crippen LogP contribution in [0.5, 0.6) is 0 Å². The van der Waals surface area contributed by atoms with Gasteiger partial charge >= 0.3 is 5.97 Å². The van der Waals surface area contributed by atoms with Crippen LogP contribution in [0.3, 0.4) is 0 Å². The Morgan fingerprint density at radius 2 is 2.06 bits per heavy atom. The summed E-state index contributed by atoms with van der Waals surface area (Å²) in [6.07, 6.45) is 1.32. The number of carboxylic acid groups (broad SMARTS) is 1. The first kappa shape index (κ1) is 12.3. The molecule has 1 amide bonds. The zero-order valence-electron chi connectivity index (χ0n) is 9.54. The summed E-state index contributed by atoms with van der Waals surface area (Å²) in [4.78, 5) is 24.3. The first-order valence-electron chi connectivity index (χ1n) is 5.92. The van der Waals surface area contributed by atoms with Crippen LogP contribution >= 0.6 is 0 Å². The fourth-order valence-electron chi connectivity index (χ4n) is 2.41. The molecule has 0 aromatic carbocycles. The lowest BCUT2D eigenvalue weighted by molar-refractivity contribution is -0.155. The van der Waals surface area contributed by atoms with Gasteiger partial charge in [-0.1, -0.05) is 0 Å². The molecule has 2 aliphatic heterocycles. The van der Waals surface area contributed by atoms with E-state index < -0.39 is 24.2 Å². The van der Waals surface area contributed by atoms with Crippen LogP contribution in [-0.2, 0) is 14.3 Å². The number of carbonyl (C=O) groups excluding carboxylic acids is 1. The van der Waals surface area contributed by atoms with Crippen molar-refractivity contribution in [1.82, 2.24) is 4.90 Å². The van der Waals surface area contributed by atoms with Crippen molar-refractivity contribution >= 4 is 11.9 Å². The van der Waals surface area contributed by atoms with Gasteiger partial charge in [-0.25, -0.2) is 4.79 Å². The van der Waals surface area contributed by atoms with E-state index in [-0.39, 0.29) is 18.9 Å². The highest BCUT2D eigenvalue weighted by atomic mass is 16.5. The Labute approximate surface area is 99.2 Å². The highest BCUT2D eigenvalue weighted by Crippen LogP contribution is 2.23. The van der Waals surface area contributed by atoms with Crippen LogP contribution < -0.4 is 0 Å². The van der Waals surface area contributed by atoms with Crippen molar-refractivity contribution in [3.63, 3.8) is 0 Å². The Kier molecular flexibility index (Phi) is 3.63. The minimum atomic E-state index is -1.06. The Balaban J connectivity index is 2.04. The number of hydrogen-bond acceptors (Lipinski definition) is 4. The Hall–Kier alpha value is -1.14. The van der Waals surface area contributed by atoms with Crippen molar-refractivity contribution in [3.8, 4) is 0 Å². The topological polar surface area (TPSA) is 87.1 Å². The summed E-state index contributed by atoms with van der Waals surface area (Å²) in [5, 5.41) is 18.5. The van der Waals surface area contributed by atoms with Gasteiger partial charge in [-0.2, -0.15) is 0 Å². The summed E-state index contributed by atoms with van der Waals surface area (Å²) in [6.45, 7) is 0.639. The second kappa shape index (κ2) is 5.01. The summed E-state index contributed by atoms with van der Waals surface area (Å²) in [5.41, 5.74) is 0. The maximum Gasteiger partial charge on any atom is 0.326 e. The third kappa shape index (κ3) is 2.58. The molecule has 2 saturated heterocycles. The van der Waals surface area contributed by atoms with Crippen molar-refractivity contribution in [3.05, 3.63) is 0 Å². The van der Waals surface area contributed by atoms with Gasteiger partial charge in [-0.3, -0.25) is 4.79 Å². The number of carboxylic acids is 1. The number of nitrogens with zero attached hydrogens (tertiary/aromatic N) is 1. The van der Waals surface area contributed by atoms with Gasteiger partial charge in [0.25, 0.3) is 5.91 Å². The molecule has 0 aromatic heterocycles. The van der Waals surface area contributed by atoms with Crippen LogP contribution in [0.1, 0.15) is 25.7 Å². The van der Waals surface area contributed by atoms with Crippen LogP contribution in [0.2, 0.25) is 0 Å². The standard InChI is InChI=1S/C11H17NO5/c13-7-5-8(11(15)16)12(6-7)10(14)9-3-1-2-4-17-9/h7-9,13H,1-6H2,(H,15,16)/t7-,8-,9?/m0/s1. The molecule has 6 nitrogen and oxygen atoms in total. The molecule has 0 aromatic rings. The smallest absolute Gasteiger partial charge is 0.326 e. The largest absolute Gasteiger partial charge is 0.480 e. The number of ether oxygens (including phenoxy) is 1. The zero-order valence-corrected chi connectivity index (χ0v) is 9.54. The summed E-state index contributed by atoms with van der Waals surface area (Å²) < 4.78 is 5.35. The Morgan fingerprint density at radius 1 is 1.29 bits per heavy atom. The molecule has 96 valence electrons. The van der Waals surface area contributed by atoms with Gasteiger partial charge in [0, 0.05) is 19.6 Å². The van der Waals surface area contributed by atoms with E-state index in [1.54, 1.807) is 0 Å². The Morgan fingerprint density at radius 3 is 2.65 bits per heavy atom. The molecule has 0 bridgehead atoms. The molecule has 1 unspecified atom stereocenters. The molecule has 2 N–H and O–H groups in total. The molecule has 17 heavy (non-hydrogen) atoms. The molecule has 3 atom stereocenters. The third-order valence-electron chi connectivity index (χ3n) is 3.30. The first-order valence-corrected chi connectivity index (χ1v) is 5.92. The van der Waals surface area contributed by atoms with Crippen LogP contribution in [0.4, 0.5) is 0 Å². The zero-order chi connectivity index (χ0) is 12.4. The molecule has 2 heterocycles. The third-order valence-corrected chi connectivity index (χ3v) is 3.30. The van der Waals surface area contributed by atoms with E-state index in [9.17, 15) is 14.7 Å². The first-order chi connectivity index (χ1) is 8.09. The van der Waals surface area contributed by atoms with E-state index in [0.29, 0.717) is 13.0 Å². The van der Waals surface area contributed by atoms with E-state index in [1.165, 1.54) is 4.90 Å². The van der Waals surface area contributed by atoms with Crippen molar-refractivity contribution in [1.29, 1.82) is 0 Å². The second-order valence-electron chi connectivity index (χ2n) is 4.59. The van der Waals surface area contributed by atoms with Crippen molar-refractivity contribution in [2.75, 3.05) is 13.2 Å². The van der Waals surface area contributed by atoms with Gasteiger partial charge in [0.05, 0.1) is 6.10 Å². The number of amides is 1. The maximum atomic E-state index is 12.1. The molecule has 0 aliphatic carbocycles. The number of aliphatic hydroxyl groups is 1. The average Bonchev–Trinajstić information content (AvgIpc) is 2.72. The SMILES string of the molecule is O=C(O)[C@@H]1C[C@H](O)CN1C(=O)C1CCCCO1. The lowest BCUT2D eigenvalue weighted by Gasteiger charge is -2.28. The molecule has 2 rings (SSSR count). The van der Waals surface area contributed by atoms with Crippen molar-refractivity contribution in [2.45, 2.75) is 43.9 Å². The molecular weight excluding hydrogens is 226 g/mol. The lowest BCUT2D eigenvalue weighted by Crippen LogP contribution is -2.47. The summed E-state index contributed by atoms with van der Waals surface area (Å²) in [7, 11) is 0. The predicted molar refractivity (Wildman–Crippen MR) is 57.4 cm³/mol. The molecule has 0 radical (unpaired) electrons. The Bertz CT molecular complexity index is 313. The number of likely N-dealkylation sites (tertiary alicyclic amines) is 1. The molecular formula is C11H17NO5. The van der Waals surface area contributed by atoms with E-state index >= 15 is 0 Å². The van der Waals surface area contributed by atoms with Crippen LogP contribution in [0.15, 0.2) is 0 Å². The average molecular weight is 243 g/mol. The monoisotopic (exact) mass is 243 g/mol. The van der Waals surface area contributed by atoms with Crippen molar-refractivity contribution in [2.24, 2.45) is 0 Å². The summed E-state index contributed by atoms with van der Waals surface area (Å²) in [5.74, 6) is -1.36. The number of carbonyl (C=O) groups is 2. The normalized spacial score (nSPS) is 33.7. The number of β-amino-alcohol motifs (C(OH)–C–C–N with tert-alkyl or cyclic N) is 1. The fraction of sp³-hybridized carbons (Fsp3) is 0.818. The predicted octanol–water partition coefficient (Wildman–Crippen LogP) is -0.398. The highest BCUT2D eigenvalue weighted by Gasteiger charge is 2.41. The molecule has 2 fully saturated rings. The molecule has 0 spiro atoms. The van der Waals surface area contributed by atoms with Gasteiger partial charge in [0.15, 0.2) is 0 Å². The summed E-state index contributed by atoms with van der Waals surface area (Å²) >= 11 is 0. The van der Waals surface area contributed by atoms with Gasteiger partial charge in [0.2, 0.25) is 0 Å². The van der Waals surface area contributed by atoms with Crippen molar-refractivity contribution < 1.29 is 24.5 Å². The van der Waals surface area contributed by atoms with Gasteiger partial charge in [0.1, 0.15) is 12.1 Å². The highest BCUT2D eigenvalue weighted by molar-refractivity contribution is 5.87. The number of aliphatic carboxylic acids is 1. The van der Waals surface area contributed by atoms with Crippen LogP contribution in [-0.4, -0.2) is 58.4 Å². The quantitative estimate of drug-likeness (QED) is 0.689. The lowest BCUT2D eigenvalue weighted by atomic mass is 10.1. The molecule has 2 aliphatic rings.